The fourth-order valence-electron chi connectivity index (χ4n) is 2.33. The molecule has 0 saturated carbocycles. The SMILES string of the molecule is CCC(C)N(CCNS(=O)(=O)c1ccc2c(c1)OCO2)S(C)(=O)=O. The Morgan fingerprint density at radius 2 is 1.88 bits per heavy atom. The highest BCUT2D eigenvalue weighted by atomic mass is 32.2. The standard InChI is InChI=1S/C14H22N2O6S2/c1-4-11(2)16(23(3,17)18)8-7-15-24(19,20)12-5-6-13-14(9-12)22-10-21-13/h5-6,9,11,15H,4,7-8,10H2,1-3H3. The molecule has 1 unspecified atom stereocenters. The van der Waals surface area contributed by atoms with Crippen molar-refractivity contribution in [3.63, 3.8) is 0 Å². The third-order valence-electron chi connectivity index (χ3n) is 3.79. The van der Waals surface area contributed by atoms with Crippen molar-refractivity contribution in [2.45, 2.75) is 31.2 Å². The largest absolute Gasteiger partial charge is 0.454 e. The summed E-state index contributed by atoms with van der Waals surface area (Å²) in [6, 6.07) is 4.13. The van der Waals surface area contributed by atoms with Gasteiger partial charge in [0.25, 0.3) is 0 Å². The van der Waals surface area contributed by atoms with E-state index in [-0.39, 0.29) is 30.8 Å². The van der Waals surface area contributed by atoms with Gasteiger partial charge in [-0.3, -0.25) is 0 Å². The zero-order valence-corrected chi connectivity index (χ0v) is 15.5. The van der Waals surface area contributed by atoms with E-state index in [9.17, 15) is 16.8 Å². The van der Waals surface area contributed by atoms with Gasteiger partial charge in [0.2, 0.25) is 26.8 Å². The molecule has 1 aliphatic heterocycles. The van der Waals surface area contributed by atoms with Crippen LogP contribution in [0, 0.1) is 0 Å². The van der Waals surface area contributed by atoms with E-state index < -0.39 is 20.0 Å². The molecule has 1 N–H and O–H groups in total. The Morgan fingerprint density at radius 3 is 2.50 bits per heavy atom. The van der Waals surface area contributed by atoms with Crippen molar-refractivity contribution in [2.24, 2.45) is 0 Å². The van der Waals surface area contributed by atoms with Gasteiger partial charge in [0, 0.05) is 25.2 Å². The van der Waals surface area contributed by atoms with Crippen LogP contribution >= 0.6 is 0 Å². The van der Waals surface area contributed by atoms with Crippen LogP contribution < -0.4 is 14.2 Å². The summed E-state index contributed by atoms with van der Waals surface area (Å²) < 4.78 is 62.3. The Bertz CT molecular complexity index is 791. The van der Waals surface area contributed by atoms with Gasteiger partial charge < -0.3 is 9.47 Å². The molecule has 0 saturated heterocycles. The maximum Gasteiger partial charge on any atom is 0.240 e. The Hall–Kier alpha value is -1.36. The fraction of sp³-hybridized carbons (Fsp3) is 0.571. The van der Waals surface area contributed by atoms with Crippen LogP contribution in [0.2, 0.25) is 0 Å². The minimum absolute atomic E-state index is 0.0197. The van der Waals surface area contributed by atoms with Crippen molar-refractivity contribution in [1.29, 1.82) is 0 Å². The monoisotopic (exact) mass is 378 g/mol. The van der Waals surface area contributed by atoms with E-state index in [0.29, 0.717) is 17.9 Å². The van der Waals surface area contributed by atoms with Crippen LogP contribution in [0.1, 0.15) is 20.3 Å². The molecule has 1 aromatic carbocycles. The molecule has 0 aromatic heterocycles. The normalized spacial score (nSPS) is 15.7. The van der Waals surface area contributed by atoms with E-state index >= 15 is 0 Å². The molecule has 1 heterocycles. The minimum Gasteiger partial charge on any atom is -0.454 e. The Labute approximate surface area is 142 Å². The van der Waals surface area contributed by atoms with E-state index in [2.05, 4.69) is 4.72 Å². The van der Waals surface area contributed by atoms with E-state index in [1.807, 2.05) is 6.92 Å². The number of ether oxygens (including phenoxy) is 2. The van der Waals surface area contributed by atoms with Crippen LogP contribution in [0.5, 0.6) is 11.5 Å². The Balaban J connectivity index is 2.05. The highest BCUT2D eigenvalue weighted by molar-refractivity contribution is 7.89. The maximum absolute atomic E-state index is 12.3. The van der Waals surface area contributed by atoms with Crippen LogP contribution in [0.15, 0.2) is 23.1 Å². The molecule has 1 aromatic rings. The van der Waals surface area contributed by atoms with Crippen molar-refractivity contribution in [3.05, 3.63) is 18.2 Å². The summed E-state index contributed by atoms with van der Waals surface area (Å²) in [7, 11) is -7.17. The zero-order chi connectivity index (χ0) is 18.0. The number of hydrogen-bond donors (Lipinski definition) is 1. The second kappa shape index (κ2) is 7.26. The molecule has 24 heavy (non-hydrogen) atoms. The molecular weight excluding hydrogens is 356 g/mol. The number of nitrogens with zero attached hydrogens (tertiary/aromatic N) is 1. The molecule has 1 atom stereocenters. The topological polar surface area (TPSA) is 102 Å². The number of rotatable bonds is 8. The summed E-state index contributed by atoms with van der Waals surface area (Å²) in [5.41, 5.74) is 0. The first-order valence-electron chi connectivity index (χ1n) is 7.51. The molecule has 136 valence electrons. The first-order valence-corrected chi connectivity index (χ1v) is 10.8. The molecule has 0 amide bonds. The molecular formula is C14H22N2O6S2. The van der Waals surface area contributed by atoms with Crippen LogP contribution in [-0.2, 0) is 20.0 Å². The number of benzene rings is 1. The number of nitrogens with one attached hydrogen (secondary N) is 1. The smallest absolute Gasteiger partial charge is 0.240 e. The third kappa shape index (κ3) is 4.38. The second-order valence-electron chi connectivity index (χ2n) is 5.54. The second-order valence-corrected chi connectivity index (χ2v) is 9.25. The van der Waals surface area contributed by atoms with E-state index in [4.69, 9.17) is 9.47 Å². The lowest BCUT2D eigenvalue weighted by molar-refractivity contribution is 0.174. The van der Waals surface area contributed by atoms with E-state index in [1.54, 1.807) is 6.92 Å². The van der Waals surface area contributed by atoms with Gasteiger partial charge in [0.1, 0.15) is 0 Å². The molecule has 0 aliphatic carbocycles. The predicted molar refractivity (Wildman–Crippen MR) is 89.1 cm³/mol. The summed E-state index contributed by atoms with van der Waals surface area (Å²) in [5.74, 6) is 0.865. The lowest BCUT2D eigenvalue weighted by Crippen LogP contribution is -2.42. The first-order chi connectivity index (χ1) is 11.1. The molecule has 8 nitrogen and oxygen atoms in total. The van der Waals surface area contributed by atoms with Crippen LogP contribution in [-0.4, -0.2) is 53.3 Å². The van der Waals surface area contributed by atoms with Gasteiger partial charge in [0.05, 0.1) is 11.2 Å². The van der Waals surface area contributed by atoms with Gasteiger partial charge in [-0.05, 0) is 25.5 Å². The van der Waals surface area contributed by atoms with Crippen molar-refractivity contribution in [3.8, 4) is 11.5 Å². The maximum atomic E-state index is 12.3. The summed E-state index contributed by atoms with van der Waals surface area (Å²) in [6.07, 6.45) is 1.76. The average Bonchev–Trinajstić information content (AvgIpc) is 2.97. The molecule has 0 fully saturated rings. The van der Waals surface area contributed by atoms with Crippen LogP contribution in [0.4, 0.5) is 0 Å². The summed E-state index contributed by atoms with van der Waals surface area (Å²) in [4.78, 5) is 0.0428. The number of sulfonamides is 2. The van der Waals surface area contributed by atoms with E-state index in [0.717, 1.165) is 6.26 Å². The molecule has 1 aliphatic rings. The van der Waals surface area contributed by atoms with Gasteiger partial charge in [-0.25, -0.2) is 21.6 Å². The van der Waals surface area contributed by atoms with Gasteiger partial charge in [-0.1, -0.05) is 6.92 Å². The summed E-state index contributed by atoms with van der Waals surface area (Å²) in [6.45, 7) is 3.77. The fourth-order valence-corrected chi connectivity index (χ4v) is 4.60. The average molecular weight is 378 g/mol. The number of hydrogen-bond acceptors (Lipinski definition) is 6. The Kier molecular flexibility index (Phi) is 5.74. The summed E-state index contributed by atoms with van der Waals surface area (Å²) >= 11 is 0. The van der Waals surface area contributed by atoms with Crippen molar-refractivity contribution in [1.82, 2.24) is 9.03 Å². The third-order valence-corrected chi connectivity index (χ3v) is 6.64. The molecule has 2 rings (SSSR count). The molecule has 0 bridgehead atoms. The lowest BCUT2D eigenvalue weighted by Gasteiger charge is -2.25. The lowest BCUT2D eigenvalue weighted by atomic mass is 10.2. The quantitative estimate of drug-likeness (QED) is 0.716. The van der Waals surface area contributed by atoms with Gasteiger partial charge in [-0.15, -0.1) is 0 Å². The van der Waals surface area contributed by atoms with Gasteiger partial charge in [0.15, 0.2) is 11.5 Å². The van der Waals surface area contributed by atoms with Crippen LogP contribution in [0.3, 0.4) is 0 Å². The highest BCUT2D eigenvalue weighted by Crippen LogP contribution is 2.33. The predicted octanol–water partition coefficient (Wildman–Crippen LogP) is 0.754. The van der Waals surface area contributed by atoms with Crippen molar-refractivity contribution >= 4 is 20.0 Å². The molecule has 0 radical (unpaired) electrons. The molecule has 0 spiro atoms. The van der Waals surface area contributed by atoms with Crippen molar-refractivity contribution < 1.29 is 26.3 Å². The highest BCUT2D eigenvalue weighted by Gasteiger charge is 2.24. The van der Waals surface area contributed by atoms with Gasteiger partial charge >= 0.3 is 0 Å². The van der Waals surface area contributed by atoms with Crippen LogP contribution in [0.25, 0.3) is 0 Å². The first kappa shape index (κ1) is 19.0. The minimum atomic E-state index is -3.76. The summed E-state index contributed by atoms with van der Waals surface area (Å²) in [5, 5.41) is 0. The van der Waals surface area contributed by atoms with Gasteiger partial charge in [-0.2, -0.15) is 4.31 Å². The van der Waals surface area contributed by atoms with E-state index in [1.165, 1.54) is 22.5 Å². The number of fused-ring (bicyclic) bond motifs is 1. The Morgan fingerprint density at radius 1 is 1.21 bits per heavy atom. The van der Waals surface area contributed by atoms with Crippen molar-refractivity contribution in [2.75, 3.05) is 26.1 Å². The molecule has 10 heteroatoms. The zero-order valence-electron chi connectivity index (χ0n) is 13.9.